The Labute approximate surface area is 270 Å². The number of ether oxygens (including phenoxy) is 1. The molecule has 248 valence electrons. The molecule has 13 heteroatoms. The molecular weight excluding hydrogens is 624 g/mol. The summed E-state index contributed by atoms with van der Waals surface area (Å²) in [6, 6.07) is 16.6. The number of carbonyl (C=O) groups excluding carboxylic acids is 1. The number of rotatable bonds is 6. The number of alkyl halides is 3. The predicted octanol–water partition coefficient (Wildman–Crippen LogP) is 7.39. The molecule has 1 aromatic heterocycles. The van der Waals surface area contributed by atoms with Crippen LogP contribution >= 0.6 is 12.8 Å². The van der Waals surface area contributed by atoms with Gasteiger partial charge in [-0.2, -0.15) is 13.2 Å². The maximum Gasteiger partial charge on any atom is 0.416 e. The van der Waals surface area contributed by atoms with Crippen LogP contribution in [0.3, 0.4) is 0 Å². The van der Waals surface area contributed by atoms with E-state index in [0.717, 1.165) is 52.1 Å². The summed E-state index contributed by atoms with van der Waals surface area (Å²) in [5, 5.41) is 9.39. The van der Waals surface area contributed by atoms with Crippen LogP contribution < -0.4 is 10.0 Å². The number of anilines is 1. The third kappa shape index (κ3) is 9.30. The van der Waals surface area contributed by atoms with Gasteiger partial charge in [-0.05, 0) is 93.1 Å². The standard InChI is InChI=1S/C31H31F4N3O2.CH5NS.CH2O2/c1-4-40-25-14-22(13-23(15-25)30(39)37-27-11-10-24(17-26(27)32)31(33,34)35)20-7-5-19(6-8-20)21-9-12-29-28(16-21)36-18(2)38(29)3;1-2-3;2-1-3/h5-12,16-17,22-23,25H,4,13-15H2,1-3H3,(H,37,39);2-3H,1H3;1H,(H,2,3). The Morgan fingerprint density at radius 1 is 1.09 bits per heavy atom. The van der Waals surface area contributed by atoms with Crippen molar-refractivity contribution in [1.82, 2.24) is 14.3 Å². The van der Waals surface area contributed by atoms with E-state index in [4.69, 9.17) is 14.6 Å². The molecule has 3 atom stereocenters. The van der Waals surface area contributed by atoms with Crippen LogP contribution in [0.2, 0.25) is 0 Å². The normalized spacial score (nSPS) is 17.7. The van der Waals surface area contributed by atoms with Gasteiger partial charge in [0.25, 0.3) is 6.47 Å². The number of carbonyl (C=O) groups is 2. The topological polar surface area (TPSA) is 105 Å². The quantitative estimate of drug-likeness (QED) is 0.0976. The van der Waals surface area contributed by atoms with Crippen LogP contribution in [0, 0.1) is 18.7 Å². The van der Waals surface area contributed by atoms with Crippen molar-refractivity contribution in [3.8, 4) is 11.1 Å². The lowest BCUT2D eigenvalue weighted by Crippen LogP contribution is -2.35. The van der Waals surface area contributed by atoms with E-state index in [9.17, 15) is 22.4 Å². The highest BCUT2D eigenvalue weighted by molar-refractivity contribution is 7.78. The number of nitrogens with zero attached hydrogens (tertiary/aromatic N) is 2. The van der Waals surface area contributed by atoms with Crippen molar-refractivity contribution >= 4 is 41.9 Å². The zero-order valence-corrected chi connectivity index (χ0v) is 26.8. The van der Waals surface area contributed by atoms with Gasteiger partial charge in [-0.3, -0.25) is 14.3 Å². The van der Waals surface area contributed by atoms with Crippen molar-refractivity contribution in [2.45, 2.75) is 51.3 Å². The van der Waals surface area contributed by atoms with Crippen molar-refractivity contribution in [2.24, 2.45) is 13.0 Å². The van der Waals surface area contributed by atoms with Crippen molar-refractivity contribution in [3.63, 3.8) is 0 Å². The average molecular weight is 663 g/mol. The molecule has 0 saturated heterocycles. The van der Waals surface area contributed by atoms with Gasteiger partial charge in [0.15, 0.2) is 0 Å². The van der Waals surface area contributed by atoms with Gasteiger partial charge in [0.2, 0.25) is 5.91 Å². The van der Waals surface area contributed by atoms with Gasteiger partial charge in [0.05, 0.1) is 28.4 Å². The Morgan fingerprint density at radius 3 is 2.30 bits per heavy atom. The predicted molar refractivity (Wildman–Crippen MR) is 173 cm³/mol. The average Bonchev–Trinajstić information content (AvgIpc) is 3.30. The molecule has 0 spiro atoms. The molecule has 0 bridgehead atoms. The number of imidazole rings is 1. The molecule has 1 fully saturated rings. The number of hydrogen-bond donors (Lipinski definition) is 4. The zero-order chi connectivity index (χ0) is 34.0. The van der Waals surface area contributed by atoms with E-state index in [-0.39, 0.29) is 24.2 Å². The Kier molecular flexibility index (Phi) is 13.2. The van der Waals surface area contributed by atoms with E-state index in [1.54, 1.807) is 7.05 Å². The third-order valence-corrected chi connectivity index (χ3v) is 7.81. The highest BCUT2D eigenvalue weighted by Crippen LogP contribution is 2.39. The molecule has 8 nitrogen and oxygen atoms in total. The van der Waals surface area contributed by atoms with E-state index in [0.29, 0.717) is 25.5 Å². The van der Waals surface area contributed by atoms with E-state index < -0.39 is 29.4 Å². The molecular formula is C33H38F4N4O4S. The summed E-state index contributed by atoms with van der Waals surface area (Å²) < 4.78 is 63.5. The van der Waals surface area contributed by atoms with Crippen LogP contribution in [-0.2, 0) is 27.5 Å². The summed E-state index contributed by atoms with van der Waals surface area (Å²) in [5.74, 6) is -1.04. The highest BCUT2D eigenvalue weighted by Gasteiger charge is 2.35. The van der Waals surface area contributed by atoms with Crippen LogP contribution in [0.4, 0.5) is 23.2 Å². The van der Waals surface area contributed by atoms with Gasteiger partial charge in [-0.15, -0.1) is 0 Å². The van der Waals surface area contributed by atoms with Crippen LogP contribution in [0.15, 0.2) is 60.7 Å². The fraction of sp³-hybridized carbons (Fsp3) is 0.364. The van der Waals surface area contributed by atoms with Crippen molar-refractivity contribution in [3.05, 3.63) is 83.4 Å². The summed E-state index contributed by atoms with van der Waals surface area (Å²) in [5.41, 5.74) is 3.82. The number of amides is 1. The molecule has 1 aliphatic carbocycles. The molecule has 1 heterocycles. The SMILES string of the molecule is CCOC1CC(C(=O)Nc2ccc(C(F)(F)F)cc2F)CC(c2ccc(-c3ccc4c(c3)nc(C)n4C)cc2)C1.CNS.O=CO. The van der Waals surface area contributed by atoms with Crippen molar-refractivity contribution < 1.29 is 37.0 Å². The van der Waals surface area contributed by atoms with E-state index in [1.165, 1.54) is 0 Å². The van der Waals surface area contributed by atoms with Crippen LogP contribution in [0.5, 0.6) is 0 Å². The third-order valence-electron chi connectivity index (χ3n) is 7.81. The lowest BCUT2D eigenvalue weighted by Gasteiger charge is -2.34. The fourth-order valence-electron chi connectivity index (χ4n) is 5.60. The summed E-state index contributed by atoms with van der Waals surface area (Å²) in [4.78, 5) is 26.1. The van der Waals surface area contributed by atoms with Gasteiger partial charge in [-0.25, -0.2) is 9.37 Å². The van der Waals surface area contributed by atoms with Gasteiger partial charge < -0.3 is 19.7 Å². The Morgan fingerprint density at radius 2 is 1.72 bits per heavy atom. The maximum absolute atomic E-state index is 14.4. The fourth-order valence-corrected chi connectivity index (χ4v) is 5.60. The van der Waals surface area contributed by atoms with Crippen molar-refractivity contribution in [1.29, 1.82) is 0 Å². The van der Waals surface area contributed by atoms with Gasteiger partial charge in [0, 0.05) is 19.6 Å². The monoisotopic (exact) mass is 662 g/mol. The van der Waals surface area contributed by atoms with E-state index in [2.05, 4.69) is 74.9 Å². The molecule has 1 aliphatic rings. The maximum atomic E-state index is 14.4. The Balaban J connectivity index is 0.000000891. The molecule has 5 rings (SSSR count). The van der Waals surface area contributed by atoms with Gasteiger partial charge in [-0.1, -0.05) is 43.1 Å². The number of thiol groups is 1. The number of hydrogen-bond acceptors (Lipinski definition) is 6. The number of nitrogens with one attached hydrogen (secondary N) is 2. The second kappa shape index (κ2) is 16.6. The molecule has 4 aromatic rings. The van der Waals surface area contributed by atoms with Gasteiger partial charge in [0.1, 0.15) is 11.6 Å². The smallest absolute Gasteiger partial charge is 0.416 e. The molecule has 46 heavy (non-hydrogen) atoms. The molecule has 1 amide bonds. The largest absolute Gasteiger partial charge is 0.483 e. The summed E-state index contributed by atoms with van der Waals surface area (Å²) in [6.07, 6.45) is -3.10. The first-order valence-electron chi connectivity index (χ1n) is 14.6. The van der Waals surface area contributed by atoms with E-state index in [1.807, 2.05) is 20.9 Å². The number of fused-ring (bicyclic) bond motifs is 1. The summed E-state index contributed by atoms with van der Waals surface area (Å²) in [7, 11) is 3.73. The number of benzene rings is 3. The lowest BCUT2D eigenvalue weighted by atomic mass is 9.76. The molecule has 3 unspecified atom stereocenters. The first-order chi connectivity index (χ1) is 21.9. The van der Waals surface area contributed by atoms with Crippen molar-refractivity contribution in [2.75, 3.05) is 19.0 Å². The number of aryl methyl sites for hydroxylation is 2. The molecule has 3 N–H and O–H groups in total. The Bertz CT molecular complexity index is 1610. The molecule has 0 radical (unpaired) electrons. The van der Waals surface area contributed by atoms with Crippen LogP contribution in [0.25, 0.3) is 22.2 Å². The summed E-state index contributed by atoms with van der Waals surface area (Å²) >= 11 is 3.54. The van der Waals surface area contributed by atoms with Crippen LogP contribution in [-0.4, -0.2) is 46.8 Å². The Hall–Kier alpha value is -3.94. The summed E-state index contributed by atoms with van der Waals surface area (Å²) in [6.45, 7) is 4.11. The number of carboxylic acid groups (broad SMARTS) is 1. The van der Waals surface area contributed by atoms with E-state index >= 15 is 0 Å². The molecule has 0 aliphatic heterocycles. The molecule has 3 aromatic carbocycles. The van der Waals surface area contributed by atoms with Crippen LogP contribution in [0.1, 0.15) is 49.1 Å². The highest BCUT2D eigenvalue weighted by atomic mass is 32.1. The minimum absolute atomic E-state index is 0.0356. The second-order valence-corrected chi connectivity index (χ2v) is 11.2. The van der Waals surface area contributed by atoms with Gasteiger partial charge >= 0.3 is 6.18 Å². The minimum Gasteiger partial charge on any atom is -0.483 e. The minimum atomic E-state index is -4.66. The first-order valence-corrected chi connectivity index (χ1v) is 15.0. The lowest BCUT2D eigenvalue weighted by molar-refractivity contribution is -0.137. The first kappa shape index (κ1) is 36.5. The zero-order valence-electron chi connectivity index (χ0n) is 25.9. The molecule has 1 saturated carbocycles. The number of aromatic nitrogens is 2. The number of halogens is 4. The second-order valence-electron chi connectivity index (χ2n) is 10.7.